The first-order chi connectivity index (χ1) is 15.9. The maximum atomic E-state index is 13.1. The van der Waals surface area contributed by atoms with Crippen LogP contribution in [0.5, 0.6) is 5.75 Å². The second kappa shape index (κ2) is 8.38. The lowest BCUT2D eigenvalue weighted by molar-refractivity contribution is 0.0742. The molecule has 33 heavy (non-hydrogen) atoms. The van der Waals surface area contributed by atoms with E-state index in [2.05, 4.69) is 9.88 Å². The molecule has 3 aromatic rings. The molecule has 1 aliphatic carbocycles. The third kappa shape index (κ3) is 4.10. The number of hydrogen-bond donors (Lipinski definition) is 0. The molecule has 1 aromatic carbocycles. The Balaban J connectivity index is 1.31. The van der Waals surface area contributed by atoms with Crippen molar-refractivity contribution in [1.29, 1.82) is 0 Å². The summed E-state index contributed by atoms with van der Waals surface area (Å²) in [5, 5.41) is 0.637. The van der Waals surface area contributed by atoms with Crippen molar-refractivity contribution in [3.63, 3.8) is 0 Å². The van der Waals surface area contributed by atoms with E-state index < -0.39 is 0 Å². The van der Waals surface area contributed by atoms with Gasteiger partial charge in [0.15, 0.2) is 0 Å². The van der Waals surface area contributed by atoms with Crippen molar-refractivity contribution in [2.75, 3.05) is 38.2 Å². The van der Waals surface area contributed by atoms with Crippen LogP contribution in [0, 0.1) is 5.92 Å². The van der Waals surface area contributed by atoms with Crippen molar-refractivity contribution >= 4 is 22.5 Å². The molecule has 1 aliphatic heterocycles. The van der Waals surface area contributed by atoms with Gasteiger partial charge in [-0.1, -0.05) is 0 Å². The van der Waals surface area contributed by atoms with Gasteiger partial charge in [-0.15, -0.1) is 0 Å². The van der Waals surface area contributed by atoms with Crippen molar-refractivity contribution in [3.05, 3.63) is 63.1 Å². The van der Waals surface area contributed by atoms with Crippen molar-refractivity contribution in [2.45, 2.75) is 19.4 Å². The van der Waals surface area contributed by atoms with Crippen LogP contribution in [0.3, 0.4) is 0 Å². The monoisotopic (exact) mass is 449 g/mol. The number of amides is 1. The average Bonchev–Trinajstić information content (AvgIpc) is 3.66. The molecule has 0 unspecified atom stereocenters. The van der Waals surface area contributed by atoms with Gasteiger partial charge in [0, 0.05) is 57.7 Å². The van der Waals surface area contributed by atoms with Gasteiger partial charge in [-0.3, -0.25) is 19.0 Å². The standard InChI is InChI=1S/C24H27N5O4/c1-26-14-19(21(33-2)12-22(26)30)24(32)28-9-7-27(8-10-28)17-5-6-18-20(11-17)25-15-29(23(18)31)13-16-3-4-16/h5-6,11-12,14-16H,3-4,7-10,13H2,1-2H3. The van der Waals surface area contributed by atoms with Gasteiger partial charge in [0.05, 0.1) is 29.9 Å². The summed E-state index contributed by atoms with van der Waals surface area (Å²) in [4.78, 5) is 46.2. The number of carbonyl (C=O) groups is 1. The number of hydrogen-bond acceptors (Lipinski definition) is 6. The van der Waals surface area contributed by atoms with Crippen LogP contribution in [0.25, 0.3) is 10.9 Å². The lowest BCUT2D eigenvalue weighted by atomic mass is 10.1. The summed E-state index contributed by atoms with van der Waals surface area (Å²) < 4.78 is 8.36. The van der Waals surface area contributed by atoms with Gasteiger partial charge in [-0.2, -0.15) is 0 Å². The fourth-order valence-electron chi connectivity index (χ4n) is 4.33. The first-order valence-corrected chi connectivity index (χ1v) is 11.2. The largest absolute Gasteiger partial charge is 0.496 e. The van der Waals surface area contributed by atoms with Crippen LogP contribution in [-0.2, 0) is 13.6 Å². The Morgan fingerprint density at radius 2 is 1.88 bits per heavy atom. The summed E-state index contributed by atoms with van der Waals surface area (Å²) in [7, 11) is 3.07. The maximum Gasteiger partial charge on any atom is 0.261 e. The van der Waals surface area contributed by atoms with Crippen molar-refractivity contribution in [2.24, 2.45) is 13.0 Å². The number of rotatable bonds is 5. The number of methoxy groups -OCH3 is 1. The van der Waals surface area contributed by atoms with Gasteiger partial charge in [0.1, 0.15) is 5.75 Å². The van der Waals surface area contributed by atoms with Gasteiger partial charge < -0.3 is 19.1 Å². The molecule has 9 nitrogen and oxygen atoms in total. The van der Waals surface area contributed by atoms with Crippen LogP contribution in [0.1, 0.15) is 23.2 Å². The normalized spacial score (nSPS) is 16.3. The maximum absolute atomic E-state index is 13.1. The molecular weight excluding hydrogens is 422 g/mol. The van der Waals surface area contributed by atoms with Crippen molar-refractivity contribution < 1.29 is 9.53 Å². The summed E-state index contributed by atoms with van der Waals surface area (Å²) in [6.07, 6.45) is 5.56. The highest BCUT2D eigenvalue weighted by Gasteiger charge is 2.26. The number of aryl methyl sites for hydroxylation is 1. The lowest BCUT2D eigenvalue weighted by Crippen LogP contribution is -2.49. The highest BCUT2D eigenvalue weighted by atomic mass is 16.5. The molecule has 1 saturated heterocycles. The zero-order valence-electron chi connectivity index (χ0n) is 18.9. The molecule has 0 atom stereocenters. The molecule has 0 bridgehead atoms. The molecule has 2 aliphatic rings. The number of benzene rings is 1. The predicted molar refractivity (Wildman–Crippen MR) is 125 cm³/mol. The number of carbonyl (C=O) groups excluding carboxylic acids is 1. The van der Waals surface area contributed by atoms with E-state index in [1.807, 2.05) is 18.2 Å². The molecule has 1 amide bonds. The Labute approximate surface area is 190 Å². The molecule has 3 heterocycles. The number of piperazine rings is 1. The lowest BCUT2D eigenvalue weighted by Gasteiger charge is -2.36. The summed E-state index contributed by atoms with van der Waals surface area (Å²) in [6.45, 7) is 3.15. The molecule has 9 heteroatoms. The minimum absolute atomic E-state index is 0.0140. The Bertz CT molecular complexity index is 1330. The van der Waals surface area contributed by atoms with Gasteiger partial charge >= 0.3 is 0 Å². The molecule has 1 saturated carbocycles. The molecule has 2 aromatic heterocycles. The first kappa shape index (κ1) is 21.2. The van der Waals surface area contributed by atoms with E-state index in [9.17, 15) is 14.4 Å². The Kier molecular flexibility index (Phi) is 5.39. The van der Waals surface area contributed by atoms with E-state index >= 15 is 0 Å². The molecule has 172 valence electrons. The van der Waals surface area contributed by atoms with E-state index in [0.29, 0.717) is 54.3 Å². The fourth-order valence-corrected chi connectivity index (χ4v) is 4.33. The average molecular weight is 450 g/mol. The fraction of sp³-hybridized carbons (Fsp3) is 0.417. The Morgan fingerprint density at radius 3 is 2.58 bits per heavy atom. The van der Waals surface area contributed by atoms with E-state index in [4.69, 9.17) is 4.74 Å². The number of ether oxygens (including phenoxy) is 1. The van der Waals surface area contributed by atoms with E-state index in [-0.39, 0.29) is 17.0 Å². The number of nitrogens with zero attached hydrogens (tertiary/aromatic N) is 5. The van der Waals surface area contributed by atoms with Crippen LogP contribution in [-0.4, -0.2) is 58.2 Å². The molecule has 0 radical (unpaired) electrons. The second-order valence-electron chi connectivity index (χ2n) is 8.83. The number of anilines is 1. The van der Waals surface area contributed by atoms with Crippen LogP contribution in [0.15, 0.2) is 46.4 Å². The van der Waals surface area contributed by atoms with Crippen molar-refractivity contribution in [1.82, 2.24) is 19.0 Å². The minimum Gasteiger partial charge on any atom is -0.496 e. The van der Waals surface area contributed by atoms with E-state index in [1.54, 1.807) is 22.8 Å². The summed E-state index contributed by atoms with van der Waals surface area (Å²) in [5.41, 5.74) is 1.85. The predicted octanol–water partition coefficient (Wildman–Crippen LogP) is 1.48. The van der Waals surface area contributed by atoms with E-state index in [1.165, 1.54) is 36.8 Å². The molecule has 0 N–H and O–H groups in total. The third-order valence-corrected chi connectivity index (χ3v) is 6.53. The van der Waals surface area contributed by atoms with Gasteiger partial charge in [0.25, 0.3) is 17.0 Å². The third-order valence-electron chi connectivity index (χ3n) is 6.53. The summed E-state index contributed by atoms with van der Waals surface area (Å²) in [5.74, 6) is 0.748. The van der Waals surface area contributed by atoms with Crippen LogP contribution in [0.2, 0.25) is 0 Å². The van der Waals surface area contributed by atoms with E-state index in [0.717, 1.165) is 12.2 Å². The highest BCUT2D eigenvalue weighted by Crippen LogP contribution is 2.30. The van der Waals surface area contributed by atoms with Crippen molar-refractivity contribution in [3.8, 4) is 5.75 Å². The van der Waals surface area contributed by atoms with Gasteiger partial charge in [-0.25, -0.2) is 4.98 Å². The quantitative estimate of drug-likeness (QED) is 0.586. The molecule has 5 rings (SSSR count). The van der Waals surface area contributed by atoms with Gasteiger partial charge in [0.2, 0.25) is 0 Å². The number of pyridine rings is 1. The minimum atomic E-state index is -0.225. The number of aromatic nitrogens is 3. The van der Waals surface area contributed by atoms with Crippen LogP contribution in [0.4, 0.5) is 5.69 Å². The smallest absolute Gasteiger partial charge is 0.261 e. The zero-order chi connectivity index (χ0) is 23.1. The van der Waals surface area contributed by atoms with Gasteiger partial charge in [-0.05, 0) is 37.0 Å². The second-order valence-corrected chi connectivity index (χ2v) is 8.83. The summed E-state index contributed by atoms with van der Waals surface area (Å²) in [6, 6.07) is 7.10. The SMILES string of the molecule is COc1cc(=O)n(C)cc1C(=O)N1CCN(c2ccc3c(=O)n(CC4CC4)cnc3c2)CC1. The molecular formula is C24H27N5O4. The topological polar surface area (TPSA) is 89.7 Å². The number of fused-ring (bicyclic) bond motifs is 1. The Morgan fingerprint density at radius 1 is 1.12 bits per heavy atom. The van der Waals surface area contributed by atoms with Crippen LogP contribution >= 0.6 is 0 Å². The molecule has 2 fully saturated rings. The zero-order valence-corrected chi connectivity index (χ0v) is 18.9. The van der Waals surface area contributed by atoms with Crippen LogP contribution < -0.4 is 20.8 Å². The summed E-state index contributed by atoms with van der Waals surface area (Å²) >= 11 is 0. The first-order valence-electron chi connectivity index (χ1n) is 11.2. The Hall–Kier alpha value is -3.62. The molecule has 0 spiro atoms. The highest BCUT2D eigenvalue weighted by molar-refractivity contribution is 5.96.